The van der Waals surface area contributed by atoms with Crippen LogP contribution in [0, 0.1) is 6.92 Å². The van der Waals surface area contributed by atoms with Gasteiger partial charge in [-0.05, 0) is 25.1 Å². The van der Waals surface area contributed by atoms with E-state index in [1.165, 1.54) is 23.1 Å². The molecule has 1 aromatic heterocycles. The molecule has 0 saturated heterocycles. The van der Waals surface area contributed by atoms with E-state index in [-0.39, 0.29) is 40.4 Å². The normalized spacial score (nSPS) is 13.8. The van der Waals surface area contributed by atoms with Crippen LogP contribution < -0.4 is 4.72 Å². The topological polar surface area (TPSA) is 136 Å². The Kier molecular flexibility index (Phi) is 5.85. The summed E-state index contributed by atoms with van der Waals surface area (Å²) < 4.78 is 27.3. The molecule has 0 saturated carbocycles. The third kappa shape index (κ3) is 4.29. The van der Waals surface area contributed by atoms with Crippen LogP contribution in [0.4, 0.5) is 0 Å². The summed E-state index contributed by atoms with van der Waals surface area (Å²) in [6.07, 6.45) is 0.491. The first kappa shape index (κ1) is 22.1. The van der Waals surface area contributed by atoms with Crippen LogP contribution in [0.2, 0.25) is 5.02 Å². The fourth-order valence-electron chi connectivity index (χ4n) is 3.54. The molecule has 2 aromatic carbocycles. The molecule has 0 aliphatic carbocycles. The molecule has 1 amide bonds. The lowest BCUT2D eigenvalue weighted by Gasteiger charge is -2.27. The van der Waals surface area contributed by atoms with Gasteiger partial charge in [0.2, 0.25) is 15.9 Å². The van der Waals surface area contributed by atoms with E-state index in [4.69, 9.17) is 11.6 Å². The highest BCUT2D eigenvalue weighted by atomic mass is 35.5. The number of H-pyrrole nitrogens is 1. The zero-order chi connectivity index (χ0) is 23.0. The van der Waals surface area contributed by atoms with E-state index >= 15 is 0 Å². The highest BCUT2D eigenvalue weighted by molar-refractivity contribution is 7.89. The highest BCUT2D eigenvalue weighted by Crippen LogP contribution is 2.39. The Bertz CT molecular complexity index is 1290. The number of aromatic nitrogens is 2. The van der Waals surface area contributed by atoms with Gasteiger partial charge in [-0.1, -0.05) is 29.3 Å². The smallest absolute Gasteiger partial charge is 0.241 e. The minimum absolute atomic E-state index is 0.0591. The fraction of sp³-hybridized carbons (Fsp3) is 0.238. The molecule has 9 nitrogen and oxygen atoms in total. The molecule has 1 aliphatic rings. The number of rotatable bonds is 5. The first-order chi connectivity index (χ1) is 15.2. The fourth-order valence-corrected chi connectivity index (χ4v) is 4.68. The van der Waals surface area contributed by atoms with Crippen molar-refractivity contribution in [3.8, 4) is 22.8 Å². The summed E-state index contributed by atoms with van der Waals surface area (Å²) in [6.45, 7) is 2.05. The van der Waals surface area contributed by atoms with Gasteiger partial charge in [-0.3, -0.25) is 9.89 Å². The second-order valence-electron chi connectivity index (χ2n) is 7.55. The predicted molar refractivity (Wildman–Crippen MR) is 118 cm³/mol. The summed E-state index contributed by atoms with van der Waals surface area (Å²) in [6, 6.07) is 8.89. The molecule has 0 radical (unpaired) electrons. The lowest BCUT2D eigenvalue weighted by Crippen LogP contribution is -2.42. The average molecular weight is 477 g/mol. The second kappa shape index (κ2) is 8.45. The third-order valence-corrected chi connectivity index (χ3v) is 7.07. The van der Waals surface area contributed by atoms with Crippen molar-refractivity contribution < 1.29 is 23.4 Å². The Hall–Kier alpha value is -3.08. The number of carbonyl (C=O) groups is 1. The molecular weight excluding hydrogens is 456 g/mol. The molecule has 4 N–H and O–H groups in total. The Balaban J connectivity index is 1.50. The number of sulfonamides is 1. The van der Waals surface area contributed by atoms with Gasteiger partial charge >= 0.3 is 0 Å². The number of phenols is 2. The van der Waals surface area contributed by atoms with Crippen LogP contribution in [0.25, 0.3) is 11.3 Å². The molecule has 1 aliphatic heterocycles. The van der Waals surface area contributed by atoms with Crippen LogP contribution >= 0.6 is 11.6 Å². The largest absolute Gasteiger partial charge is 0.507 e. The van der Waals surface area contributed by atoms with Crippen LogP contribution in [0.15, 0.2) is 41.3 Å². The van der Waals surface area contributed by atoms with Crippen LogP contribution in [0.1, 0.15) is 16.8 Å². The number of amides is 1. The molecule has 4 rings (SSSR count). The van der Waals surface area contributed by atoms with Gasteiger partial charge in [-0.25, -0.2) is 13.1 Å². The van der Waals surface area contributed by atoms with E-state index in [9.17, 15) is 23.4 Å². The standard InChI is InChI=1S/C21H21ClN4O5S/c1-12-2-4-13(5-3-12)32(30,31)23-10-20(29)26-7-6-17-15(11-26)21(25-24-17)14-8-16(22)19(28)9-18(14)27/h2-5,8-9,23,27-28H,6-7,10-11H2,1H3,(H,24,25). The van der Waals surface area contributed by atoms with Gasteiger partial charge in [-0.2, -0.15) is 5.10 Å². The van der Waals surface area contributed by atoms with Gasteiger partial charge < -0.3 is 15.1 Å². The van der Waals surface area contributed by atoms with Gasteiger partial charge in [-0.15, -0.1) is 0 Å². The summed E-state index contributed by atoms with van der Waals surface area (Å²) in [5.74, 6) is -0.836. The molecular formula is C21H21ClN4O5S. The lowest BCUT2D eigenvalue weighted by molar-refractivity contribution is -0.130. The van der Waals surface area contributed by atoms with E-state index < -0.39 is 10.0 Å². The first-order valence-corrected chi connectivity index (χ1v) is 11.6. The number of nitrogens with zero attached hydrogens (tertiary/aromatic N) is 2. The summed E-state index contributed by atoms with van der Waals surface area (Å²) in [5.41, 5.74) is 3.17. The maximum Gasteiger partial charge on any atom is 0.241 e. The van der Waals surface area contributed by atoms with Gasteiger partial charge in [0.15, 0.2) is 0 Å². The minimum Gasteiger partial charge on any atom is -0.507 e. The Morgan fingerprint density at radius 2 is 1.94 bits per heavy atom. The molecule has 3 aromatic rings. The molecule has 0 unspecified atom stereocenters. The van der Waals surface area contributed by atoms with Crippen LogP contribution in [-0.2, 0) is 27.8 Å². The SMILES string of the molecule is Cc1ccc(S(=O)(=O)NCC(=O)N2CCc3[nH]nc(-c4cc(Cl)c(O)cc4O)c3C2)cc1. The number of carbonyl (C=O) groups excluding carboxylic acids is 1. The molecule has 2 heterocycles. The molecule has 0 bridgehead atoms. The molecule has 32 heavy (non-hydrogen) atoms. The maximum absolute atomic E-state index is 12.7. The zero-order valence-electron chi connectivity index (χ0n) is 17.1. The van der Waals surface area contributed by atoms with Gasteiger partial charge in [0.05, 0.1) is 16.5 Å². The summed E-state index contributed by atoms with van der Waals surface area (Å²) in [7, 11) is -3.81. The second-order valence-corrected chi connectivity index (χ2v) is 9.73. The van der Waals surface area contributed by atoms with Crippen molar-refractivity contribution in [1.29, 1.82) is 0 Å². The van der Waals surface area contributed by atoms with Crippen molar-refractivity contribution in [2.75, 3.05) is 13.1 Å². The van der Waals surface area contributed by atoms with Crippen molar-refractivity contribution in [2.24, 2.45) is 0 Å². The number of aromatic hydroxyl groups is 2. The zero-order valence-corrected chi connectivity index (χ0v) is 18.7. The van der Waals surface area contributed by atoms with E-state index in [1.807, 2.05) is 6.92 Å². The van der Waals surface area contributed by atoms with E-state index in [0.29, 0.717) is 29.8 Å². The molecule has 11 heteroatoms. The van der Waals surface area contributed by atoms with Crippen molar-refractivity contribution >= 4 is 27.5 Å². The average Bonchev–Trinajstić information content (AvgIpc) is 3.18. The quantitative estimate of drug-likeness (QED) is 0.446. The number of hydrogen-bond acceptors (Lipinski definition) is 6. The van der Waals surface area contributed by atoms with Gasteiger partial charge in [0, 0.05) is 42.4 Å². The van der Waals surface area contributed by atoms with Crippen LogP contribution in [0.3, 0.4) is 0 Å². The molecule has 0 atom stereocenters. The first-order valence-electron chi connectivity index (χ1n) is 9.78. The number of aryl methyl sites for hydroxylation is 1. The number of phenolic OH excluding ortho intramolecular Hbond substituents is 2. The van der Waals surface area contributed by atoms with Gasteiger partial charge in [0.1, 0.15) is 17.2 Å². The highest BCUT2D eigenvalue weighted by Gasteiger charge is 2.28. The van der Waals surface area contributed by atoms with E-state index in [0.717, 1.165) is 17.3 Å². The monoisotopic (exact) mass is 476 g/mol. The molecule has 168 valence electrons. The molecule has 0 spiro atoms. The lowest BCUT2D eigenvalue weighted by atomic mass is 10.00. The van der Waals surface area contributed by atoms with Crippen LogP contribution in [-0.4, -0.2) is 52.7 Å². The van der Waals surface area contributed by atoms with E-state index in [1.54, 1.807) is 12.1 Å². The molecule has 0 fully saturated rings. The number of benzene rings is 2. The summed E-state index contributed by atoms with van der Waals surface area (Å²) >= 11 is 5.98. The van der Waals surface area contributed by atoms with Crippen LogP contribution in [0.5, 0.6) is 11.5 Å². The van der Waals surface area contributed by atoms with Crippen molar-refractivity contribution in [2.45, 2.75) is 24.8 Å². The number of hydrogen-bond donors (Lipinski definition) is 4. The van der Waals surface area contributed by atoms with Gasteiger partial charge in [0.25, 0.3) is 0 Å². The number of aromatic amines is 1. The summed E-state index contributed by atoms with van der Waals surface area (Å²) in [5, 5.41) is 27.1. The van der Waals surface area contributed by atoms with E-state index in [2.05, 4.69) is 14.9 Å². The number of halogens is 1. The van der Waals surface area contributed by atoms with Crippen molar-refractivity contribution in [3.63, 3.8) is 0 Å². The Morgan fingerprint density at radius 1 is 1.22 bits per heavy atom. The van der Waals surface area contributed by atoms with Crippen molar-refractivity contribution in [1.82, 2.24) is 19.8 Å². The predicted octanol–water partition coefficient (Wildman–Crippen LogP) is 2.31. The number of fused-ring (bicyclic) bond motifs is 1. The maximum atomic E-state index is 12.7. The number of nitrogens with one attached hydrogen (secondary N) is 2. The Morgan fingerprint density at radius 3 is 2.66 bits per heavy atom. The Labute approximate surface area is 189 Å². The van der Waals surface area contributed by atoms with Crippen molar-refractivity contribution in [3.05, 3.63) is 58.2 Å². The summed E-state index contributed by atoms with van der Waals surface area (Å²) in [4.78, 5) is 14.4. The minimum atomic E-state index is -3.81. The third-order valence-electron chi connectivity index (χ3n) is 5.35.